The third kappa shape index (κ3) is 2.39. The Kier molecular flexibility index (Phi) is 3.05. The molecule has 1 aliphatic carbocycles. The van der Waals surface area contributed by atoms with E-state index in [-0.39, 0.29) is 5.91 Å². The summed E-state index contributed by atoms with van der Waals surface area (Å²) in [6, 6.07) is 0.430. The maximum Gasteiger partial charge on any atom is 0.234 e. The van der Waals surface area contributed by atoms with Crippen molar-refractivity contribution in [1.29, 1.82) is 0 Å². The van der Waals surface area contributed by atoms with E-state index >= 15 is 0 Å². The summed E-state index contributed by atoms with van der Waals surface area (Å²) >= 11 is 1.62. The average Bonchev–Trinajstić information content (AvgIpc) is 2.93. The van der Waals surface area contributed by atoms with Crippen molar-refractivity contribution in [1.82, 2.24) is 20.0 Å². The van der Waals surface area contributed by atoms with Gasteiger partial charge in [0.25, 0.3) is 0 Å². The summed E-state index contributed by atoms with van der Waals surface area (Å²) in [5.41, 5.74) is 2.16. The number of aromatic nitrogens is 2. The van der Waals surface area contributed by atoms with Gasteiger partial charge < -0.3 is 10.6 Å². The first-order chi connectivity index (χ1) is 8.74. The molecule has 0 atom stereocenters. The average molecular weight is 264 g/mol. The van der Waals surface area contributed by atoms with E-state index in [9.17, 15) is 4.79 Å². The number of amides is 1. The van der Waals surface area contributed by atoms with Gasteiger partial charge in [-0.1, -0.05) is 0 Å². The Morgan fingerprint density at radius 2 is 2.44 bits per heavy atom. The summed E-state index contributed by atoms with van der Waals surface area (Å²) in [6.45, 7) is 3.04. The van der Waals surface area contributed by atoms with Crippen molar-refractivity contribution < 1.29 is 4.79 Å². The number of fused-ring (bicyclic) bond motifs is 1. The molecular weight excluding hydrogens is 248 g/mol. The summed E-state index contributed by atoms with van der Waals surface area (Å²) in [5.74, 6) is 0.0845. The Morgan fingerprint density at radius 1 is 1.61 bits per heavy atom. The minimum atomic E-state index is 0.0845. The van der Waals surface area contributed by atoms with Gasteiger partial charge in [-0.15, -0.1) is 11.3 Å². The van der Waals surface area contributed by atoms with Gasteiger partial charge in [-0.05, 0) is 19.8 Å². The van der Waals surface area contributed by atoms with Crippen LogP contribution in [0.5, 0.6) is 0 Å². The number of nitrogens with one attached hydrogen (secondary N) is 2. The number of nitrogens with zero attached hydrogens (tertiary/aromatic N) is 2. The van der Waals surface area contributed by atoms with Crippen molar-refractivity contribution >= 4 is 22.2 Å². The zero-order valence-corrected chi connectivity index (χ0v) is 11.1. The van der Waals surface area contributed by atoms with Crippen LogP contribution in [0.25, 0.3) is 4.96 Å². The molecule has 1 amide bonds. The van der Waals surface area contributed by atoms with Crippen LogP contribution in [0.3, 0.4) is 0 Å². The minimum Gasteiger partial charge on any atom is -0.352 e. The fourth-order valence-electron chi connectivity index (χ4n) is 1.95. The normalized spacial score (nSPS) is 15.2. The van der Waals surface area contributed by atoms with E-state index < -0.39 is 0 Å². The Balaban J connectivity index is 1.57. The lowest BCUT2D eigenvalue weighted by molar-refractivity contribution is -0.120. The molecule has 5 nitrogen and oxygen atoms in total. The number of hydrogen-bond acceptors (Lipinski definition) is 4. The number of carbonyl (C=O) groups excluding carboxylic acids is 1. The molecule has 3 rings (SSSR count). The molecule has 1 aliphatic rings. The van der Waals surface area contributed by atoms with Crippen molar-refractivity contribution in [3.05, 3.63) is 23.0 Å². The molecule has 0 saturated heterocycles. The molecule has 0 bridgehead atoms. The second-order valence-corrected chi connectivity index (χ2v) is 5.52. The number of imidazole rings is 1. The maximum atomic E-state index is 11.5. The molecule has 1 saturated carbocycles. The highest BCUT2D eigenvalue weighted by Gasteiger charge is 2.22. The Labute approximate surface area is 109 Å². The molecule has 6 heteroatoms. The van der Waals surface area contributed by atoms with Crippen molar-refractivity contribution in [2.24, 2.45) is 0 Å². The van der Waals surface area contributed by atoms with Crippen molar-refractivity contribution in [3.8, 4) is 0 Å². The first-order valence-electron chi connectivity index (χ1n) is 6.15. The van der Waals surface area contributed by atoms with Gasteiger partial charge in [-0.25, -0.2) is 4.98 Å². The van der Waals surface area contributed by atoms with Gasteiger partial charge in [-0.2, -0.15) is 0 Å². The predicted molar refractivity (Wildman–Crippen MR) is 70.7 cm³/mol. The van der Waals surface area contributed by atoms with Gasteiger partial charge in [0.05, 0.1) is 17.9 Å². The zero-order chi connectivity index (χ0) is 12.5. The van der Waals surface area contributed by atoms with Crippen LogP contribution in [0.4, 0.5) is 0 Å². The van der Waals surface area contributed by atoms with E-state index in [1.54, 1.807) is 11.3 Å². The van der Waals surface area contributed by atoms with Gasteiger partial charge >= 0.3 is 0 Å². The molecule has 0 aliphatic heterocycles. The van der Waals surface area contributed by atoms with Crippen LogP contribution >= 0.6 is 11.3 Å². The topological polar surface area (TPSA) is 58.4 Å². The van der Waals surface area contributed by atoms with Crippen LogP contribution < -0.4 is 10.6 Å². The molecule has 2 aromatic rings. The highest BCUT2D eigenvalue weighted by molar-refractivity contribution is 7.15. The Morgan fingerprint density at radius 3 is 3.22 bits per heavy atom. The SMILES string of the molecule is Cc1nc2sccn2c1CNCC(=O)NC1CC1. The van der Waals surface area contributed by atoms with Crippen LogP contribution in [0, 0.1) is 6.92 Å². The van der Waals surface area contributed by atoms with Gasteiger partial charge in [-0.3, -0.25) is 9.20 Å². The van der Waals surface area contributed by atoms with E-state index in [1.165, 1.54) is 0 Å². The molecule has 2 aromatic heterocycles. The number of aryl methyl sites for hydroxylation is 1. The second kappa shape index (κ2) is 4.70. The molecule has 2 N–H and O–H groups in total. The van der Waals surface area contributed by atoms with E-state index in [0.29, 0.717) is 19.1 Å². The zero-order valence-electron chi connectivity index (χ0n) is 10.3. The van der Waals surface area contributed by atoms with Crippen LogP contribution in [0.1, 0.15) is 24.2 Å². The number of hydrogen-bond donors (Lipinski definition) is 2. The van der Waals surface area contributed by atoms with Crippen LogP contribution in [-0.2, 0) is 11.3 Å². The maximum absolute atomic E-state index is 11.5. The molecule has 2 heterocycles. The van der Waals surface area contributed by atoms with E-state index in [0.717, 1.165) is 29.2 Å². The molecule has 0 spiro atoms. The molecular formula is C12H16N4OS. The van der Waals surface area contributed by atoms with E-state index in [4.69, 9.17) is 0 Å². The van der Waals surface area contributed by atoms with Gasteiger partial charge in [0, 0.05) is 24.2 Å². The van der Waals surface area contributed by atoms with Crippen molar-refractivity contribution in [2.45, 2.75) is 32.4 Å². The molecule has 18 heavy (non-hydrogen) atoms. The van der Waals surface area contributed by atoms with E-state index in [2.05, 4.69) is 20.0 Å². The lowest BCUT2D eigenvalue weighted by Gasteiger charge is -2.05. The smallest absolute Gasteiger partial charge is 0.234 e. The first-order valence-corrected chi connectivity index (χ1v) is 7.03. The molecule has 0 radical (unpaired) electrons. The molecule has 1 fully saturated rings. The predicted octanol–water partition coefficient (Wildman–Crippen LogP) is 1.07. The van der Waals surface area contributed by atoms with Gasteiger partial charge in [0.1, 0.15) is 0 Å². The minimum absolute atomic E-state index is 0.0845. The van der Waals surface area contributed by atoms with Crippen LogP contribution in [-0.4, -0.2) is 27.9 Å². The standard InChI is InChI=1S/C12H16N4OS/c1-8-10(16-4-5-18-12(16)14-8)6-13-7-11(17)15-9-2-3-9/h4-5,9,13H,2-3,6-7H2,1H3,(H,15,17). The summed E-state index contributed by atoms with van der Waals surface area (Å²) in [5, 5.41) is 8.15. The third-order valence-electron chi connectivity index (χ3n) is 3.08. The second-order valence-electron chi connectivity index (χ2n) is 4.64. The number of carbonyl (C=O) groups is 1. The van der Waals surface area contributed by atoms with Gasteiger partial charge in [0.15, 0.2) is 4.96 Å². The van der Waals surface area contributed by atoms with Gasteiger partial charge in [0.2, 0.25) is 5.91 Å². The first kappa shape index (κ1) is 11.7. The fraction of sp³-hybridized carbons (Fsp3) is 0.500. The third-order valence-corrected chi connectivity index (χ3v) is 3.84. The molecule has 0 unspecified atom stereocenters. The largest absolute Gasteiger partial charge is 0.352 e. The number of rotatable bonds is 5. The monoisotopic (exact) mass is 264 g/mol. The quantitative estimate of drug-likeness (QED) is 0.849. The lowest BCUT2D eigenvalue weighted by atomic mass is 10.3. The van der Waals surface area contributed by atoms with Crippen molar-refractivity contribution in [3.63, 3.8) is 0 Å². The molecule has 0 aromatic carbocycles. The number of thiazole rings is 1. The summed E-state index contributed by atoms with van der Waals surface area (Å²) < 4.78 is 2.08. The fourth-order valence-corrected chi connectivity index (χ4v) is 2.73. The Bertz CT molecular complexity index is 570. The lowest BCUT2D eigenvalue weighted by Crippen LogP contribution is -2.35. The molecule has 96 valence electrons. The highest BCUT2D eigenvalue weighted by Crippen LogP contribution is 2.18. The summed E-state index contributed by atoms with van der Waals surface area (Å²) in [4.78, 5) is 17.0. The van der Waals surface area contributed by atoms with Crippen LogP contribution in [0.2, 0.25) is 0 Å². The highest BCUT2D eigenvalue weighted by atomic mass is 32.1. The summed E-state index contributed by atoms with van der Waals surface area (Å²) in [6.07, 6.45) is 4.27. The van der Waals surface area contributed by atoms with E-state index in [1.807, 2.05) is 18.5 Å². The van der Waals surface area contributed by atoms with Crippen molar-refractivity contribution in [2.75, 3.05) is 6.54 Å². The van der Waals surface area contributed by atoms with Crippen LogP contribution in [0.15, 0.2) is 11.6 Å². The summed E-state index contributed by atoms with van der Waals surface area (Å²) in [7, 11) is 0. The Hall–Kier alpha value is -1.40.